The van der Waals surface area contributed by atoms with Gasteiger partial charge < -0.3 is 9.26 Å². The SMILES string of the molecule is Cc1cc(C(=O)OCn2nnc3ccccc3c2=O)on1. The Morgan fingerprint density at radius 2 is 2.19 bits per heavy atom. The second-order valence-electron chi connectivity index (χ2n) is 4.30. The predicted molar refractivity (Wildman–Crippen MR) is 70.5 cm³/mol. The van der Waals surface area contributed by atoms with Crippen LogP contribution in [-0.4, -0.2) is 26.1 Å². The van der Waals surface area contributed by atoms with E-state index in [1.807, 2.05) is 0 Å². The van der Waals surface area contributed by atoms with Crippen molar-refractivity contribution in [1.82, 2.24) is 20.2 Å². The van der Waals surface area contributed by atoms with Gasteiger partial charge in [0.1, 0.15) is 5.52 Å². The Morgan fingerprint density at radius 1 is 1.38 bits per heavy atom. The van der Waals surface area contributed by atoms with Crippen molar-refractivity contribution in [3.05, 3.63) is 52.1 Å². The molecule has 0 N–H and O–H groups in total. The zero-order valence-corrected chi connectivity index (χ0v) is 11.0. The minimum absolute atomic E-state index is 0.0331. The topological polar surface area (TPSA) is 100 Å². The van der Waals surface area contributed by atoms with Crippen LogP contribution in [0.4, 0.5) is 0 Å². The summed E-state index contributed by atoms with van der Waals surface area (Å²) in [6, 6.07) is 8.23. The molecule has 0 unspecified atom stereocenters. The highest BCUT2D eigenvalue weighted by atomic mass is 16.6. The molecule has 0 bridgehead atoms. The fourth-order valence-electron chi connectivity index (χ4n) is 1.76. The Bertz CT molecular complexity index is 868. The largest absolute Gasteiger partial charge is 0.436 e. The summed E-state index contributed by atoms with van der Waals surface area (Å²) in [7, 11) is 0. The van der Waals surface area contributed by atoms with Crippen molar-refractivity contribution in [3.8, 4) is 0 Å². The Kier molecular flexibility index (Phi) is 3.19. The number of hydrogen-bond acceptors (Lipinski definition) is 7. The van der Waals surface area contributed by atoms with Crippen molar-refractivity contribution < 1.29 is 14.1 Å². The molecule has 3 rings (SSSR count). The molecule has 21 heavy (non-hydrogen) atoms. The van der Waals surface area contributed by atoms with Gasteiger partial charge >= 0.3 is 5.97 Å². The summed E-state index contributed by atoms with van der Waals surface area (Å²) < 4.78 is 10.7. The van der Waals surface area contributed by atoms with Gasteiger partial charge in [-0.1, -0.05) is 22.5 Å². The number of nitrogens with zero attached hydrogens (tertiary/aromatic N) is 4. The second kappa shape index (κ2) is 5.16. The maximum absolute atomic E-state index is 12.1. The number of carbonyl (C=O) groups excluding carboxylic acids is 1. The standard InChI is InChI=1S/C13H10N4O4/c1-8-6-11(21-15-8)13(19)20-7-17-12(18)9-4-2-3-5-10(9)14-16-17/h2-6H,7H2,1H3. The lowest BCUT2D eigenvalue weighted by atomic mass is 10.2. The van der Waals surface area contributed by atoms with E-state index in [4.69, 9.17) is 9.26 Å². The third-order valence-corrected chi connectivity index (χ3v) is 2.78. The molecule has 0 saturated heterocycles. The minimum Gasteiger partial charge on any atom is -0.436 e. The van der Waals surface area contributed by atoms with Gasteiger partial charge in [-0.25, -0.2) is 4.79 Å². The molecule has 8 heteroatoms. The summed E-state index contributed by atoms with van der Waals surface area (Å²) in [6.07, 6.45) is 0. The molecule has 0 aliphatic rings. The van der Waals surface area contributed by atoms with E-state index >= 15 is 0 Å². The summed E-state index contributed by atoms with van der Waals surface area (Å²) >= 11 is 0. The fraction of sp³-hybridized carbons (Fsp3) is 0.154. The van der Waals surface area contributed by atoms with E-state index in [2.05, 4.69) is 15.5 Å². The van der Waals surface area contributed by atoms with Gasteiger partial charge in [0, 0.05) is 6.07 Å². The molecule has 0 atom stereocenters. The van der Waals surface area contributed by atoms with E-state index in [0.717, 1.165) is 4.68 Å². The van der Waals surface area contributed by atoms with E-state index in [1.165, 1.54) is 6.07 Å². The van der Waals surface area contributed by atoms with Gasteiger partial charge in [0.05, 0.1) is 11.1 Å². The molecule has 0 saturated carbocycles. The number of fused-ring (bicyclic) bond motifs is 1. The highest BCUT2D eigenvalue weighted by Crippen LogP contribution is 2.05. The smallest absolute Gasteiger partial charge is 0.378 e. The molecule has 0 aliphatic heterocycles. The number of aromatic nitrogens is 4. The van der Waals surface area contributed by atoms with Crippen LogP contribution in [0, 0.1) is 6.92 Å². The van der Waals surface area contributed by atoms with Crippen LogP contribution in [0.1, 0.15) is 16.2 Å². The van der Waals surface area contributed by atoms with Crippen molar-refractivity contribution in [1.29, 1.82) is 0 Å². The number of rotatable bonds is 3. The van der Waals surface area contributed by atoms with E-state index in [-0.39, 0.29) is 18.1 Å². The number of aryl methyl sites for hydroxylation is 1. The number of carbonyl (C=O) groups is 1. The molecule has 0 fully saturated rings. The first-order valence-corrected chi connectivity index (χ1v) is 6.08. The highest BCUT2D eigenvalue weighted by molar-refractivity contribution is 5.86. The Hall–Kier alpha value is -3.03. The summed E-state index contributed by atoms with van der Waals surface area (Å²) in [5.74, 6) is -0.758. The van der Waals surface area contributed by atoms with Gasteiger partial charge in [-0.15, -0.1) is 5.10 Å². The third kappa shape index (κ3) is 2.50. The van der Waals surface area contributed by atoms with Gasteiger partial charge in [0.15, 0.2) is 6.73 Å². The van der Waals surface area contributed by atoms with Crippen molar-refractivity contribution in [2.45, 2.75) is 13.7 Å². The Balaban J connectivity index is 1.81. The van der Waals surface area contributed by atoms with Crippen molar-refractivity contribution in [2.24, 2.45) is 0 Å². The molecule has 0 radical (unpaired) electrons. The van der Waals surface area contributed by atoms with Gasteiger partial charge in [-0.2, -0.15) is 4.68 Å². The van der Waals surface area contributed by atoms with Crippen molar-refractivity contribution in [2.75, 3.05) is 0 Å². The lowest BCUT2D eigenvalue weighted by molar-refractivity contribution is 0.0290. The monoisotopic (exact) mass is 286 g/mol. The molecule has 0 amide bonds. The number of ether oxygens (including phenoxy) is 1. The maximum atomic E-state index is 12.1. The molecular formula is C13H10N4O4. The molecule has 1 aromatic carbocycles. The van der Waals surface area contributed by atoms with Crippen LogP contribution in [0.15, 0.2) is 39.6 Å². The quantitative estimate of drug-likeness (QED) is 0.659. The first-order valence-electron chi connectivity index (χ1n) is 6.08. The Labute approximate surface area is 117 Å². The fourth-order valence-corrected chi connectivity index (χ4v) is 1.76. The average molecular weight is 286 g/mol. The summed E-state index contributed by atoms with van der Waals surface area (Å²) in [5.41, 5.74) is 0.655. The zero-order chi connectivity index (χ0) is 14.8. The normalized spacial score (nSPS) is 10.7. The van der Waals surface area contributed by atoms with Gasteiger partial charge in [0.25, 0.3) is 5.56 Å². The van der Waals surface area contributed by atoms with Gasteiger partial charge in [-0.3, -0.25) is 4.79 Å². The Morgan fingerprint density at radius 3 is 2.95 bits per heavy atom. The summed E-state index contributed by atoms with van der Waals surface area (Å²) in [5, 5.41) is 11.6. The number of benzene rings is 1. The molecule has 3 aromatic rings. The average Bonchev–Trinajstić information content (AvgIpc) is 2.93. The van der Waals surface area contributed by atoms with E-state index in [9.17, 15) is 9.59 Å². The predicted octanol–water partition coefficient (Wildman–Crippen LogP) is 0.902. The number of hydrogen-bond donors (Lipinski definition) is 0. The van der Waals surface area contributed by atoms with E-state index < -0.39 is 5.97 Å². The summed E-state index contributed by atoms with van der Waals surface area (Å²) in [4.78, 5) is 23.8. The molecule has 0 aliphatic carbocycles. The van der Waals surface area contributed by atoms with Crippen LogP contribution in [0.25, 0.3) is 10.9 Å². The van der Waals surface area contributed by atoms with Crippen LogP contribution in [0.2, 0.25) is 0 Å². The van der Waals surface area contributed by atoms with Gasteiger partial charge in [0.2, 0.25) is 5.76 Å². The highest BCUT2D eigenvalue weighted by Gasteiger charge is 2.14. The lowest BCUT2D eigenvalue weighted by Crippen LogP contribution is -2.26. The van der Waals surface area contributed by atoms with Gasteiger partial charge in [-0.05, 0) is 19.1 Å². The van der Waals surface area contributed by atoms with Crippen LogP contribution in [0.5, 0.6) is 0 Å². The molecule has 106 valence electrons. The molecule has 8 nitrogen and oxygen atoms in total. The maximum Gasteiger partial charge on any atom is 0.378 e. The molecule has 2 aromatic heterocycles. The van der Waals surface area contributed by atoms with Crippen LogP contribution in [-0.2, 0) is 11.5 Å². The third-order valence-electron chi connectivity index (χ3n) is 2.78. The van der Waals surface area contributed by atoms with Crippen molar-refractivity contribution in [3.63, 3.8) is 0 Å². The molecule has 2 heterocycles. The van der Waals surface area contributed by atoms with E-state index in [1.54, 1.807) is 31.2 Å². The van der Waals surface area contributed by atoms with E-state index in [0.29, 0.717) is 16.6 Å². The van der Waals surface area contributed by atoms with Crippen LogP contribution in [0.3, 0.4) is 0 Å². The van der Waals surface area contributed by atoms with Crippen molar-refractivity contribution >= 4 is 16.9 Å². The first-order chi connectivity index (χ1) is 10.1. The van der Waals surface area contributed by atoms with Crippen LogP contribution >= 0.6 is 0 Å². The molecular weight excluding hydrogens is 276 g/mol. The number of esters is 1. The summed E-state index contributed by atoms with van der Waals surface area (Å²) in [6.45, 7) is 1.33. The zero-order valence-electron chi connectivity index (χ0n) is 11.0. The lowest BCUT2D eigenvalue weighted by Gasteiger charge is -2.04. The second-order valence-corrected chi connectivity index (χ2v) is 4.30. The minimum atomic E-state index is -0.725. The van der Waals surface area contributed by atoms with Crippen LogP contribution < -0.4 is 5.56 Å². The molecule has 0 spiro atoms. The first kappa shape index (κ1) is 13.0.